The van der Waals surface area contributed by atoms with Gasteiger partial charge in [-0.15, -0.1) is 0 Å². The summed E-state index contributed by atoms with van der Waals surface area (Å²) in [6, 6.07) is 32.3. The van der Waals surface area contributed by atoms with Crippen molar-refractivity contribution in [2.24, 2.45) is 0 Å². The van der Waals surface area contributed by atoms with Crippen molar-refractivity contribution in [3.8, 4) is 0 Å². The highest BCUT2D eigenvalue weighted by molar-refractivity contribution is 7.89. The van der Waals surface area contributed by atoms with Crippen molar-refractivity contribution in [2.75, 3.05) is 18.5 Å². The number of anilines is 1. The first-order chi connectivity index (χ1) is 20.9. The van der Waals surface area contributed by atoms with E-state index < -0.39 is 21.9 Å². The summed E-state index contributed by atoms with van der Waals surface area (Å²) in [5.41, 5.74) is 2.60. The van der Waals surface area contributed by atoms with E-state index >= 15 is 4.39 Å². The molecule has 1 N–H and O–H groups in total. The van der Waals surface area contributed by atoms with Crippen LogP contribution in [0.4, 0.5) is 10.1 Å². The second-order valence-corrected chi connectivity index (χ2v) is 12.7. The molecular weight excluding hydrogens is 563 g/mol. The number of amides is 1. The average molecular weight is 601 g/mol. The van der Waals surface area contributed by atoms with Gasteiger partial charge in [-0.25, -0.2) is 12.8 Å². The number of unbranched alkanes of at least 4 members (excludes halogenated alkanes) is 1. The Bertz CT molecular complexity index is 1560. The highest BCUT2D eigenvalue weighted by Crippen LogP contribution is 2.34. The molecule has 0 spiro atoms. The summed E-state index contributed by atoms with van der Waals surface area (Å²) in [5.74, 6) is -1.18. The predicted octanol–water partition coefficient (Wildman–Crippen LogP) is 6.79. The molecule has 43 heavy (non-hydrogen) atoms. The van der Waals surface area contributed by atoms with Crippen LogP contribution < -0.4 is 5.32 Å². The summed E-state index contributed by atoms with van der Waals surface area (Å²) in [4.78, 5) is 14.3. The molecule has 0 aliphatic carbocycles. The van der Waals surface area contributed by atoms with Crippen LogP contribution in [0.25, 0.3) is 0 Å². The van der Waals surface area contributed by atoms with E-state index in [1.807, 2.05) is 60.7 Å². The van der Waals surface area contributed by atoms with Gasteiger partial charge in [0.15, 0.2) is 0 Å². The molecule has 1 aliphatic heterocycles. The minimum atomic E-state index is -3.59. The molecular formula is C35H37FN2O4S. The molecule has 0 saturated carbocycles. The Morgan fingerprint density at radius 2 is 1.51 bits per heavy atom. The van der Waals surface area contributed by atoms with Crippen LogP contribution in [0.3, 0.4) is 0 Å². The zero-order chi connectivity index (χ0) is 30.2. The molecule has 0 bridgehead atoms. The van der Waals surface area contributed by atoms with Crippen LogP contribution in [0.1, 0.15) is 48.8 Å². The van der Waals surface area contributed by atoms with Crippen molar-refractivity contribution in [2.45, 2.75) is 55.6 Å². The van der Waals surface area contributed by atoms with Gasteiger partial charge in [0, 0.05) is 36.4 Å². The van der Waals surface area contributed by atoms with E-state index in [1.165, 1.54) is 10.4 Å². The van der Waals surface area contributed by atoms with Crippen LogP contribution in [0.5, 0.6) is 0 Å². The lowest BCUT2D eigenvalue weighted by Crippen LogP contribution is -2.37. The Morgan fingerprint density at radius 3 is 2.12 bits per heavy atom. The third kappa shape index (κ3) is 7.39. The first-order valence-corrected chi connectivity index (χ1v) is 16.2. The Balaban J connectivity index is 1.36. The third-order valence-corrected chi connectivity index (χ3v) is 9.72. The minimum Gasteiger partial charge on any atom is -0.367 e. The maximum absolute atomic E-state index is 15.2. The molecule has 2 unspecified atom stereocenters. The first kappa shape index (κ1) is 30.6. The molecule has 0 aromatic heterocycles. The number of sulfonamides is 1. The number of hydrogen-bond acceptors (Lipinski definition) is 4. The number of hydrogen-bond donors (Lipinski definition) is 1. The second-order valence-electron chi connectivity index (χ2n) is 10.8. The quantitative estimate of drug-likeness (QED) is 0.128. The molecule has 4 aromatic carbocycles. The number of carbonyl (C=O) groups excluding carboxylic acids is 1. The third-order valence-electron chi connectivity index (χ3n) is 7.79. The monoisotopic (exact) mass is 600 g/mol. The van der Waals surface area contributed by atoms with Crippen molar-refractivity contribution in [3.05, 3.63) is 132 Å². The number of rotatable bonds is 14. The van der Waals surface area contributed by atoms with Crippen molar-refractivity contribution in [1.82, 2.24) is 4.31 Å². The maximum Gasteiger partial charge on any atom is 0.254 e. The molecule has 0 radical (unpaired) electrons. The number of benzene rings is 4. The van der Waals surface area contributed by atoms with E-state index in [0.717, 1.165) is 24.0 Å². The Hall–Kier alpha value is -3.85. The molecule has 1 saturated heterocycles. The van der Waals surface area contributed by atoms with Crippen LogP contribution in [0, 0.1) is 5.82 Å². The van der Waals surface area contributed by atoms with Gasteiger partial charge in [0.2, 0.25) is 10.0 Å². The zero-order valence-corrected chi connectivity index (χ0v) is 25.0. The average Bonchev–Trinajstić information content (AvgIpc) is 3.82. The van der Waals surface area contributed by atoms with E-state index in [9.17, 15) is 13.2 Å². The van der Waals surface area contributed by atoms with E-state index in [0.29, 0.717) is 30.8 Å². The van der Waals surface area contributed by atoms with Crippen LogP contribution in [-0.2, 0) is 26.0 Å². The van der Waals surface area contributed by atoms with Crippen molar-refractivity contribution >= 4 is 21.6 Å². The number of halogens is 1. The Kier molecular flexibility index (Phi) is 10.0. The van der Waals surface area contributed by atoms with E-state index in [-0.39, 0.29) is 29.2 Å². The molecule has 1 heterocycles. The van der Waals surface area contributed by atoms with Crippen LogP contribution in [-0.4, -0.2) is 43.9 Å². The van der Waals surface area contributed by atoms with Crippen LogP contribution in [0.2, 0.25) is 0 Å². The van der Waals surface area contributed by atoms with Crippen LogP contribution >= 0.6 is 0 Å². The van der Waals surface area contributed by atoms with E-state index in [1.54, 1.807) is 42.5 Å². The second kappa shape index (κ2) is 14.1. The molecule has 1 amide bonds. The standard InChI is InChI=1S/C35H37FN2O4S/c1-2-3-24-42-34(33(26-14-7-4-8-15-26)27-16-9-5-10-17-27)35(39)37-32-21-13-20-31(36)30(32)23-22-28-25-38(28)43(40,41)29-18-11-6-12-19-29/h4-21,28,33-34H,2-3,22-25H2,1H3,(H,37,39)/t28-,34?,38?/m0/s1. The largest absolute Gasteiger partial charge is 0.367 e. The fourth-order valence-electron chi connectivity index (χ4n) is 5.40. The van der Waals surface area contributed by atoms with Gasteiger partial charge in [-0.3, -0.25) is 4.79 Å². The number of nitrogens with zero attached hydrogens (tertiary/aromatic N) is 1. The maximum atomic E-state index is 15.2. The van der Waals surface area contributed by atoms with Crippen LogP contribution in [0.15, 0.2) is 114 Å². The summed E-state index contributed by atoms with van der Waals surface area (Å²) >= 11 is 0. The minimum absolute atomic E-state index is 0.223. The molecule has 8 heteroatoms. The van der Waals surface area contributed by atoms with Crippen molar-refractivity contribution in [3.63, 3.8) is 0 Å². The van der Waals surface area contributed by atoms with Gasteiger partial charge >= 0.3 is 0 Å². The summed E-state index contributed by atoms with van der Waals surface area (Å²) in [6.45, 7) is 2.86. The topological polar surface area (TPSA) is 75.5 Å². The van der Waals surface area contributed by atoms with Gasteiger partial charge in [-0.2, -0.15) is 4.31 Å². The van der Waals surface area contributed by atoms with E-state index in [4.69, 9.17) is 4.74 Å². The molecule has 6 nitrogen and oxygen atoms in total. The summed E-state index contributed by atoms with van der Waals surface area (Å²) < 4.78 is 48.8. The predicted molar refractivity (Wildman–Crippen MR) is 167 cm³/mol. The number of carbonyl (C=O) groups is 1. The smallest absolute Gasteiger partial charge is 0.254 e. The molecule has 1 fully saturated rings. The fourth-order valence-corrected chi connectivity index (χ4v) is 7.04. The van der Waals surface area contributed by atoms with Gasteiger partial charge in [0.05, 0.1) is 4.90 Å². The molecule has 4 aromatic rings. The Labute approximate surface area is 253 Å². The van der Waals surface area contributed by atoms with Gasteiger partial charge < -0.3 is 10.1 Å². The van der Waals surface area contributed by atoms with Gasteiger partial charge in [0.25, 0.3) is 5.91 Å². The molecule has 1 aliphatic rings. The summed E-state index contributed by atoms with van der Waals surface area (Å²) in [7, 11) is -3.59. The zero-order valence-electron chi connectivity index (χ0n) is 24.2. The van der Waals surface area contributed by atoms with E-state index in [2.05, 4.69) is 12.2 Å². The van der Waals surface area contributed by atoms with Crippen molar-refractivity contribution < 1.29 is 22.3 Å². The lowest BCUT2D eigenvalue weighted by molar-refractivity contribution is -0.128. The summed E-state index contributed by atoms with van der Waals surface area (Å²) in [6.07, 6.45) is 1.57. The SMILES string of the molecule is CCCCOC(C(=O)Nc1cccc(F)c1CC[C@H]1CN1S(=O)(=O)c1ccccc1)C(c1ccccc1)c1ccccc1. The highest BCUT2D eigenvalue weighted by atomic mass is 32.2. The summed E-state index contributed by atoms with van der Waals surface area (Å²) in [5, 5.41) is 2.97. The number of ether oxygens (including phenoxy) is 1. The number of nitrogens with one attached hydrogen (secondary N) is 1. The first-order valence-electron chi connectivity index (χ1n) is 14.8. The normalized spacial score (nSPS) is 17.0. The lowest BCUT2D eigenvalue weighted by atomic mass is 9.86. The molecule has 3 atom stereocenters. The molecule has 5 rings (SSSR count). The highest BCUT2D eigenvalue weighted by Gasteiger charge is 2.44. The lowest BCUT2D eigenvalue weighted by Gasteiger charge is -2.28. The molecule has 224 valence electrons. The Morgan fingerprint density at radius 1 is 0.907 bits per heavy atom. The fraction of sp³-hybridized carbons (Fsp3) is 0.286. The van der Waals surface area contributed by atoms with Gasteiger partial charge in [-0.05, 0) is 54.7 Å². The van der Waals surface area contributed by atoms with Gasteiger partial charge in [0.1, 0.15) is 11.9 Å². The van der Waals surface area contributed by atoms with Crippen molar-refractivity contribution in [1.29, 1.82) is 0 Å². The van der Waals surface area contributed by atoms with Gasteiger partial charge in [-0.1, -0.05) is 98.3 Å².